The molecule has 2 unspecified atom stereocenters. The molecule has 0 spiro atoms. The van der Waals surface area contributed by atoms with Crippen LogP contribution in [0.15, 0.2) is 16.8 Å². The number of nitrogens with one attached hydrogen (secondary N) is 1. The maximum Gasteiger partial charge on any atom is 0.234 e. The van der Waals surface area contributed by atoms with Crippen LogP contribution in [0.2, 0.25) is 0 Å². The number of nitrogens with zero attached hydrogens (tertiary/aromatic N) is 2. The summed E-state index contributed by atoms with van der Waals surface area (Å²) in [6.45, 7) is 8.53. The van der Waals surface area contributed by atoms with Crippen LogP contribution in [-0.2, 0) is 11.2 Å². The standard InChI is InChI=1S/C16H27N3O2S/c1-13-9-18(6-7-19(13)10-14(2)20)11-16(21)17-5-3-15-4-8-22-12-15/h4,8,12-14,20H,3,5-7,9-11H2,1-2H3,(H,17,21). The third-order valence-electron chi connectivity index (χ3n) is 4.03. The van der Waals surface area contributed by atoms with E-state index in [1.807, 2.05) is 6.92 Å². The molecule has 0 saturated carbocycles. The first-order valence-corrected chi connectivity index (χ1v) is 8.91. The van der Waals surface area contributed by atoms with Crippen molar-refractivity contribution in [3.8, 4) is 0 Å². The molecule has 1 fully saturated rings. The lowest BCUT2D eigenvalue weighted by Gasteiger charge is -2.40. The number of rotatable bonds is 7. The molecule has 0 radical (unpaired) electrons. The Morgan fingerprint density at radius 2 is 2.36 bits per heavy atom. The van der Waals surface area contributed by atoms with Crippen molar-refractivity contribution in [3.05, 3.63) is 22.4 Å². The predicted molar refractivity (Wildman–Crippen MR) is 90.2 cm³/mol. The highest BCUT2D eigenvalue weighted by Gasteiger charge is 2.25. The number of hydrogen-bond donors (Lipinski definition) is 2. The van der Waals surface area contributed by atoms with Crippen molar-refractivity contribution in [1.29, 1.82) is 0 Å². The first kappa shape index (κ1) is 17.4. The van der Waals surface area contributed by atoms with E-state index in [0.717, 1.165) is 26.1 Å². The molecule has 6 heteroatoms. The fourth-order valence-corrected chi connectivity index (χ4v) is 3.57. The van der Waals surface area contributed by atoms with Gasteiger partial charge < -0.3 is 10.4 Å². The van der Waals surface area contributed by atoms with Gasteiger partial charge in [-0.15, -0.1) is 0 Å². The molecule has 2 rings (SSSR count). The fraction of sp³-hybridized carbons (Fsp3) is 0.688. The van der Waals surface area contributed by atoms with Gasteiger partial charge in [0.1, 0.15) is 0 Å². The van der Waals surface area contributed by atoms with Crippen molar-refractivity contribution >= 4 is 17.2 Å². The van der Waals surface area contributed by atoms with Gasteiger partial charge in [-0.1, -0.05) is 0 Å². The monoisotopic (exact) mass is 325 g/mol. The van der Waals surface area contributed by atoms with Crippen LogP contribution in [0.25, 0.3) is 0 Å². The van der Waals surface area contributed by atoms with Gasteiger partial charge in [0.2, 0.25) is 5.91 Å². The Kier molecular flexibility index (Phi) is 6.82. The van der Waals surface area contributed by atoms with Crippen LogP contribution >= 0.6 is 11.3 Å². The van der Waals surface area contributed by atoms with E-state index in [1.165, 1.54) is 5.56 Å². The summed E-state index contributed by atoms with van der Waals surface area (Å²) in [5.74, 6) is 0.103. The van der Waals surface area contributed by atoms with Gasteiger partial charge in [-0.25, -0.2) is 0 Å². The predicted octanol–water partition coefficient (Wildman–Crippen LogP) is 0.794. The largest absolute Gasteiger partial charge is 0.392 e. The van der Waals surface area contributed by atoms with E-state index in [2.05, 4.69) is 38.9 Å². The summed E-state index contributed by atoms with van der Waals surface area (Å²) in [5, 5.41) is 16.7. The number of aliphatic hydroxyl groups excluding tert-OH is 1. The Morgan fingerprint density at radius 1 is 1.55 bits per heavy atom. The number of thiophene rings is 1. The molecule has 1 aliphatic rings. The summed E-state index contributed by atoms with van der Waals surface area (Å²) >= 11 is 1.69. The number of carbonyl (C=O) groups excluding carboxylic acids is 1. The molecule has 1 aromatic rings. The highest BCUT2D eigenvalue weighted by atomic mass is 32.1. The second kappa shape index (κ2) is 8.62. The van der Waals surface area contributed by atoms with Crippen LogP contribution in [0, 0.1) is 0 Å². The number of carbonyl (C=O) groups is 1. The Hall–Kier alpha value is -0.950. The Bertz CT molecular complexity index is 450. The first-order chi connectivity index (χ1) is 10.5. The molecule has 1 aromatic heterocycles. The van der Waals surface area contributed by atoms with Crippen LogP contribution in [0.5, 0.6) is 0 Å². The number of piperazine rings is 1. The second-order valence-electron chi connectivity index (χ2n) is 6.16. The van der Waals surface area contributed by atoms with Crippen LogP contribution in [0.1, 0.15) is 19.4 Å². The second-order valence-corrected chi connectivity index (χ2v) is 6.94. The van der Waals surface area contributed by atoms with E-state index in [0.29, 0.717) is 25.7 Å². The normalized spacial score (nSPS) is 21.7. The van der Waals surface area contributed by atoms with Gasteiger partial charge in [-0.2, -0.15) is 11.3 Å². The third-order valence-corrected chi connectivity index (χ3v) is 4.76. The van der Waals surface area contributed by atoms with E-state index in [4.69, 9.17) is 0 Å². The van der Waals surface area contributed by atoms with Crippen molar-refractivity contribution < 1.29 is 9.90 Å². The Labute approximate surface area is 136 Å². The van der Waals surface area contributed by atoms with E-state index in [1.54, 1.807) is 11.3 Å². The Morgan fingerprint density at radius 3 is 3.00 bits per heavy atom. The molecule has 1 amide bonds. The molecule has 0 aromatic carbocycles. The molecule has 5 nitrogen and oxygen atoms in total. The molecular formula is C16H27N3O2S. The smallest absolute Gasteiger partial charge is 0.234 e. The topological polar surface area (TPSA) is 55.8 Å². The summed E-state index contributed by atoms with van der Waals surface area (Å²) in [7, 11) is 0. The molecule has 1 aliphatic heterocycles. The number of β-amino-alcohol motifs (C(OH)–C–C–N with tert-alkyl or cyclic N) is 1. The van der Waals surface area contributed by atoms with Gasteiger partial charge in [-0.05, 0) is 42.7 Å². The highest BCUT2D eigenvalue weighted by Crippen LogP contribution is 2.10. The lowest BCUT2D eigenvalue weighted by molar-refractivity contribution is -0.123. The fourth-order valence-electron chi connectivity index (χ4n) is 2.87. The Balaban J connectivity index is 1.65. The minimum atomic E-state index is -0.297. The van der Waals surface area contributed by atoms with Crippen molar-refractivity contribution in [3.63, 3.8) is 0 Å². The minimum Gasteiger partial charge on any atom is -0.392 e. The van der Waals surface area contributed by atoms with E-state index in [9.17, 15) is 9.90 Å². The summed E-state index contributed by atoms with van der Waals surface area (Å²) in [6, 6.07) is 2.47. The van der Waals surface area contributed by atoms with E-state index < -0.39 is 0 Å². The van der Waals surface area contributed by atoms with Crippen LogP contribution in [-0.4, -0.2) is 72.2 Å². The van der Waals surface area contributed by atoms with E-state index in [-0.39, 0.29) is 12.0 Å². The summed E-state index contributed by atoms with van der Waals surface area (Å²) in [6.07, 6.45) is 0.600. The number of aliphatic hydroxyl groups is 1. The average molecular weight is 325 g/mol. The van der Waals surface area contributed by atoms with Crippen LogP contribution in [0.4, 0.5) is 0 Å². The summed E-state index contributed by atoms with van der Waals surface area (Å²) in [5.41, 5.74) is 1.28. The molecule has 124 valence electrons. The first-order valence-electron chi connectivity index (χ1n) is 7.97. The maximum atomic E-state index is 12.0. The molecule has 2 N–H and O–H groups in total. The van der Waals surface area contributed by atoms with Crippen molar-refractivity contribution in [2.45, 2.75) is 32.4 Å². The molecule has 22 heavy (non-hydrogen) atoms. The molecular weight excluding hydrogens is 298 g/mol. The number of amides is 1. The van der Waals surface area contributed by atoms with E-state index >= 15 is 0 Å². The van der Waals surface area contributed by atoms with Crippen molar-refractivity contribution in [2.24, 2.45) is 0 Å². The van der Waals surface area contributed by atoms with Gasteiger partial charge >= 0.3 is 0 Å². The van der Waals surface area contributed by atoms with Gasteiger partial charge in [0.15, 0.2) is 0 Å². The van der Waals surface area contributed by atoms with Gasteiger partial charge in [0.05, 0.1) is 12.6 Å². The molecule has 2 heterocycles. The van der Waals surface area contributed by atoms with Crippen LogP contribution in [0.3, 0.4) is 0 Å². The third kappa shape index (κ3) is 5.68. The molecule has 0 bridgehead atoms. The molecule has 1 saturated heterocycles. The van der Waals surface area contributed by atoms with Crippen molar-refractivity contribution in [2.75, 3.05) is 39.3 Å². The average Bonchev–Trinajstić information content (AvgIpc) is 2.95. The van der Waals surface area contributed by atoms with Gasteiger partial charge in [0.25, 0.3) is 0 Å². The van der Waals surface area contributed by atoms with Crippen molar-refractivity contribution in [1.82, 2.24) is 15.1 Å². The zero-order chi connectivity index (χ0) is 15.9. The SMILES string of the molecule is CC(O)CN1CCN(CC(=O)NCCc2ccsc2)CC1C. The van der Waals surface area contributed by atoms with Gasteiger partial charge in [0, 0.05) is 38.8 Å². The van der Waals surface area contributed by atoms with Crippen LogP contribution < -0.4 is 5.32 Å². The lowest BCUT2D eigenvalue weighted by atomic mass is 10.1. The zero-order valence-corrected chi connectivity index (χ0v) is 14.3. The maximum absolute atomic E-state index is 12.0. The zero-order valence-electron chi connectivity index (χ0n) is 13.5. The number of hydrogen-bond acceptors (Lipinski definition) is 5. The molecule has 0 aliphatic carbocycles. The van der Waals surface area contributed by atoms with Gasteiger partial charge in [-0.3, -0.25) is 14.6 Å². The molecule has 2 atom stereocenters. The minimum absolute atomic E-state index is 0.103. The highest BCUT2D eigenvalue weighted by molar-refractivity contribution is 7.07. The summed E-state index contributed by atoms with van der Waals surface area (Å²) in [4.78, 5) is 16.5. The lowest BCUT2D eigenvalue weighted by Crippen LogP contribution is -2.55. The summed E-state index contributed by atoms with van der Waals surface area (Å²) < 4.78 is 0. The quantitative estimate of drug-likeness (QED) is 0.778.